The van der Waals surface area contributed by atoms with E-state index in [-0.39, 0.29) is 10.6 Å². The molecule has 0 aliphatic heterocycles. The number of hydrogen-bond acceptors (Lipinski definition) is 4. The van der Waals surface area contributed by atoms with Crippen molar-refractivity contribution in [1.29, 1.82) is 0 Å². The largest absolute Gasteiger partial charge is 0.452 e. The van der Waals surface area contributed by atoms with Gasteiger partial charge in [-0.1, -0.05) is 35.3 Å². The SMILES string of the molecule is C[S@@](=O)c1ccccc1C(=O)OCC(=O)Nc1ccc(Cl)cc1Cl. The molecule has 0 aromatic heterocycles. The fourth-order valence-electron chi connectivity index (χ4n) is 1.87. The van der Waals surface area contributed by atoms with Crippen molar-refractivity contribution in [1.82, 2.24) is 0 Å². The van der Waals surface area contributed by atoms with E-state index in [0.29, 0.717) is 15.6 Å². The normalized spacial score (nSPS) is 11.6. The molecule has 0 aliphatic carbocycles. The number of benzene rings is 2. The summed E-state index contributed by atoms with van der Waals surface area (Å²) >= 11 is 11.7. The van der Waals surface area contributed by atoms with Crippen molar-refractivity contribution in [2.24, 2.45) is 0 Å². The molecule has 8 heteroatoms. The minimum atomic E-state index is -1.34. The smallest absolute Gasteiger partial charge is 0.339 e. The first kappa shape index (κ1) is 18.4. The van der Waals surface area contributed by atoms with E-state index in [1.54, 1.807) is 30.3 Å². The molecule has 0 saturated carbocycles. The van der Waals surface area contributed by atoms with Gasteiger partial charge in [0.05, 0.1) is 32.0 Å². The maximum Gasteiger partial charge on any atom is 0.339 e. The quantitative estimate of drug-likeness (QED) is 0.798. The predicted octanol–water partition coefficient (Wildman–Crippen LogP) is 3.53. The second kappa shape index (κ2) is 8.28. The molecule has 0 saturated heterocycles. The van der Waals surface area contributed by atoms with Crippen LogP contribution in [-0.4, -0.2) is 28.9 Å². The summed E-state index contributed by atoms with van der Waals surface area (Å²) in [6.45, 7) is -0.498. The van der Waals surface area contributed by atoms with Gasteiger partial charge in [0.2, 0.25) is 0 Å². The number of nitrogens with one attached hydrogen (secondary N) is 1. The number of carbonyl (C=O) groups excluding carboxylic acids is 2. The van der Waals surface area contributed by atoms with Gasteiger partial charge in [0.25, 0.3) is 5.91 Å². The highest BCUT2D eigenvalue weighted by atomic mass is 35.5. The Labute approximate surface area is 151 Å². The van der Waals surface area contributed by atoms with Gasteiger partial charge in [-0.2, -0.15) is 0 Å². The Balaban J connectivity index is 1.99. The van der Waals surface area contributed by atoms with E-state index in [0.717, 1.165) is 0 Å². The van der Waals surface area contributed by atoms with Crippen LogP contribution in [0.5, 0.6) is 0 Å². The lowest BCUT2D eigenvalue weighted by Crippen LogP contribution is -2.21. The number of esters is 1. The van der Waals surface area contributed by atoms with Crippen LogP contribution in [0.1, 0.15) is 10.4 Å². The average molecular weight is 386 g/mol. The van der Waals surface area contributed by atoms with Gasteiger partial charge in [-0.25, -0.2) is 4.79 Å². The molecule has 0 unspecified atom stereocenters. The minimum Gasteiger partial charge on any atom is -0.452 e. The van der Waals surface area contributed by atoms with Crippen molar-refractivity contribution in [3.63, 3.8) is 0 Å². The number of anilines is 1. The van der Waals surface area contributed by atoms with E-state index in [9.17, 15) is 13.8 Å². The Kier molecular flexibility index (Phi) is 6.36. The molecule has 0 radical (unpaired) electrons. The first-order valence-corrected chi connectivity index (χ1v) is 9.04. The second-order valence-corrected chi connectivity index (χ2v) is 6.89. The predicted molar refractivity (Wildman–Crippen MR) is 94.1 cm³/mol. The third-order valence-corrected chi connectivity index (χ3v) is 4.48. The summed E-state index contributed by atoms with van der Waals surface area (Å²) in [4.78, 5) is 24.3. The zero-order valence-corrected chi connectivity index (χ0v) is 14.9. The van der Waals surface area contributed by atoms with Crippen molar-refractivity contribution >= 4 is 51.6 Å². The Morgan fingerprint density at radius 3 is 2.54 bits per heavy atom. The van der Waals surface area contributed by atoms with Crippen molar-refractivity contribution in [2.45, 2.75) is 4.90 Å². The Morgan fingerprint density at radius 2 is 1.88 bits per heavy atom. The number of halogens is 2. The topological polar surface area (TPSA) is 72.5 Å². The molecule has 1 amide bonds. The van der Waals surface area contributed by atoms with Crippen LogP contribution in [0.3, 0.4) is 0 Å². The molecule has 5 nitrogen and oxygen atoms in total. The van der Waals surface area contributed by atoms with Gasteiger partial charge < -0.3 is 10.1 Å². The van der Waals surface area contributed by atoms with Gasteiger partial charge in [-0.3, -0.25) is 9.00 Å². The van der Waals surface area contributed by atoms with E-state index in [4.69, 9.17) is 27.9 Å². The molecule has 1 atom stereocenters. The van der Waals surface area contributed by atoms with Crippen molar-refractivity contribution < 1.29 is 18.5 Å². The summed E-state index contributed by atoms with van der Waals surface area (Å²) in [7, 11) is -1.34. The molecule has 0 spiro atoms. The molecule has 126 valence electrons. The molecule has 2 aromatic rings. The van der Waals surface area contributed by atoms with Crippen LogP contribution in [0.15, 0.2) is 47.4 Å². The first-order chi connectivity index (χ1) is 11.4. The Morgan fingerprint density at radius 1 is 1.17 bits per heavy atom. The first-order valence-electron chi connectivity index (χ1n) is 6.73. The van der Waals surface area contributed by atoms with E-state index >= 15 is 0 Å². The minimum absolute atomic E-state index is 0.163. The molecule has 0 heterocycles. The lowest BCUT2D eigenvalue weighted by molar-refractivity contribution is -0.119. The third-order valence-electron chi connectivity index (χ3n) is 2.96. The zero-order valence-electron chi connectivity index (χ0n) is 12.5. The average Bonchev–Trinajstić information content (AvgIpc) is 2.55. The summed E-state index contributed by atoms with van der Waals surface area (Å²) in [6.07, 6.45) is 1.46. The molecular weight excluding hydrogens is 373 g/mol. The molecule has 0 fully saturated rings. The monoisotopic (exact) mass is 385 g/mol. The van der Waals surface area contributed by atoms with Crippen LogP contribution in [0, 0.1) is 0 Å². The van der Waals surface area contributed by atoms with Crippen LogP contribution in [-0.2, 0) is 20.3 Å². The lowest BCUT2D eigenvalue weighted by Gasteiger charge is -2.09. The highest BCUT2D eigenvalue weighted by Crippen LogP contribution is 2.25. The number of rotatable bonds is 5. The van der Waals surface area contributed by atoms with Crippen LogP contribution in [0.25, 0.3) is 0 Å². The number of hydrogen-bond donors (Lipinski definition) is 1. The summed E-state index contributed by atoms with van der Waals surface area (Å²) in [6, 6.07) is 11.0. The maximum absolute atomic E-state index is 12.1. The number of ether oxygens (including phenoxy) is 1. The fourth-order valence-corrected chi connectivity index (χ4v) is 3.06. The summed E-state index contributed by atoms with van der Waals surface area (Å²) in [5.41, 5.74) is 0.521. The van der Waals surface area contributed by atoms with Crippen LogP contribution in [0.2, 0.25) is 10.0 Å². The molecule has 2 aromatic carbocycles. The van der Waals surface area contributed by atoms with E-state index in [2.05, 4.69) is 5.32 Å². The summed E-state index contributed by atoms with van der Waals surface area (Å²) in [5, 5.41) is 3.23. The van der Waals surface area contributed by atoms with Crippen molar-refractivity contribution in [3.05, 3.63) is 58.1 Å². The standard InChI is InChI=1S/C16H13Cl2NO4S/c1-24(22)14-5-3-2-4-11(14)16(21)23-9-15(20)19-13-7-6-10(17)8-12(13)18/h2-8H,9H2,1H3,(H,19,20)/t24-/m1/s1. The van der Waals surface area contributed by atoms with Gasteiger partial charge in [0, 0.05) is 11.3 Å². The molecule has 1 N–H and O–H groups in total. The lowest BCUT2D eigenvalue weighted by atomic mass is 10.2. The Hall–Kier alpha value is -1.89. The maximum atomic E-state index is 12.1. The van der Waals surface area contributed by atoms with Crippen molar-refractivity contribution in [2.75, 3.05) is 18.2 Å². The molecule has 0 bridgehead atoms. The van der Waals surface area contributed by atoms with E-state index in [1.807, 2.05) is 0 Å². The molecular formula is C16H13Cl2NO4S. The Bertz CT molecular complexity index is 810. The van der Waals surface area contributed by atoms with Gasteiger partial charge in [-0.15, -0.1) is 0 Å². The van der Waals surface area contributed by atoms with Crippen LogP contribution in [0.4, 0.5) is 5.69 Å². The van der Waals surface area contributed by atoms with Gasteiger partial charge in [0.1, 0.15) is 0 Å². The summed E-state index contributed by atoms with van der Waals surface area (Å²) < 4.78 is 16.6. The van der Waals surface area contributed by atoms with Gasteiger partial charge in [-0.05, 0) is 30.3 Å². The van der Waals surface area contributed by atoms with Gasteiger partial charge >= 0.3 is 5.97 Å². The summed E-state index contributed by atoms with van der Waals surface area (Å²) in [5.74, 6) is -1.28. The molecule has 24 heavy (non-hydrogen) atoms. The molecule has 0 aliphatic rings. The van der Waals surface area contributed by atoms with Crippen LogP contribution >= 0.6 is 23.2 Å². The number of amides is 1. The van der Waals surface area contributed by atoms with Crippen molar-refractivity contribution in [3.8, 4) is 0 Å². The van der Waals surface area contributed by atoms with Gasteiger partial charge in [0.15, 0.2) is 6.61 Å². The highest BCUT2D eigenvalue weighted by Gasteiger charge is 2.16. The van der Waals surface area contributed by atoms with E-state index < -0.39 is 29.3 Å². The highest BCUT2D eigenvalue weighted by molar-refractivity contribution is 7.84. The van der Waals surface area contributed by atoms with Crippen LogP contribution < -0.4 is 5.32 Å². The second-order valence-electron chi connectivity index (χ2n) is 4.70. The fraction of sp³-hybridized carbons (Fsp3) is 0.125. The number of carbonyl (C=O) groups is 2. The zero-order chi connectivity index (χ0) is 17.7. The van der Waals surface area contributed by atoms with E-state index in [1.165, 1.54) is 18.4 Å². The molecule has 2 rings (SSSR count). The third kappa shape index (κ3) is 4.80.